The molecule has 1 heterocycles. The van der Waals surface area contributed by atoms with E-state index < -0.39 is 5.97 Å². The number of nitrogens with zero attached hydrogens (tertiary/aromatic N) is 1. The first-order valence-corrected chi connectivity index (χ1v) is 5.13. The Hall–Kier alpha value is -2.10. The minimum atomic E-state index is -0.407. The average molecular weight is 233 g/mol. The van der Waals surface area contributed by atoms with Crippen LogP contribution in [0.5, 0.6) is 0 Å². The smallest absolute Gasteiger partial charge is 0.354 e. The quantitative estimate of drug-likeness (QED) is 0.746. The lowest BCUT2D eigenvalue weighted by Crippen LogP contribution is -2.08. The van der Waals surface area contributed by atoms with Gasteiger partial charge in [-0.3, -0.25) is 0 Å². The lowest BCUT2D eigenvalue weighted by Gasteiger charge is -2.06. The number of benzene rings is 1. The molecule has 0 saturated heterocycles. The van der Waals surface area contributed by atoms with Gasteiger partial charge in [0, 0.05) is 18.3 Å². The number of hydrogen-bond acceptors (Lipinski definition) is 2. The van der Waals surface area contributed by atoms with Crippen LogP contribution in [0.4, 0.5) is 4.39 Å². The van der Waals surface area contributed by atoms with Gasteiger partial charge in [0.15, 0.2) is 0 Å². The van der Waals surface area contributed by atoms with Gasteiger partial charge in [-0.05, 0) is 24.3 Å². The van der Waals surface area contributed by atoms with E-state index in [0.717, 1.165) is 11.3 Å². The van der Waals surface area contributed by atoms with Crippen molar-refractivity contribution in [3.8, 4) is 11.3 Å². The van der Waals surface area contributed by atoms with Gasteiger partial charge in [0.25, 0.3) is 0 Å². The molecule has 4 heteroatoms. The summed E-state index contributed by atoms with van der Waals surface area (Å²) in [6.07, 6.45) is 0. The zero-order valence-corrected chi connectivity index (χ0v) is 9.61. The van der Waals surface area contributed by atoms with Crippen LogP contribution in [0.25, 0.3) is 11.3 Å². The van der Waals surface area contributed by atoms with E-state index in [4.69, 9.17) is 0 Å². The van der Waals surface area contributed by atoms with E-state index in [9.17, 15) is 9.18 Å². The predicted molar refractivity (Wildman–Crippen MR) is 62.1 cm³/mol. The molecule has 0 spiro atoms. The van der Waals surface area contributed by atoms with Crippen molar-refractivity contribution in [1.82, 2.24) is 4.57 Å². The normalized spacial score (nSPS) is 10.3. The molecule has 0 amide bonds. The van der Waals surface area contributed by atoms with Crippen molar-refractivity contribution in [2.75, 3.05) is 7.11 Å². The maximum atomic E-state index is 13.1. The molecule has 1 aromatic carbocycles. The molecular weight excluding hydrogens is 221 g/mol. The molecule has 0 aliphatic heterocycles. The van der Waals surface area contributed by atoms with Crippen LogP contribution in [0, 0.1) is 5.82 Å². The van der Waals surface area contributed by atoms with Crippen LogP contribution in [0.3, 0.4) is 0 Å². The highest BCUT2D eigenvalue weighted by atomic mass is 19.1. The van der Waals surface area contributed by atoms with Crippen molar-refractivity contribution in [3.05, 3.63) is 47.9 Å². The van der Waals surface area contributed by atoms with Crippen LogP contribution < -0.4 is 0 Å². The summed E-state index contributed by atoms with van der Waals surface area (Å²) < 4.78 is 19.5. The molecule has 88 valence electrons. The van der Waals surface area contributed by atoms with Crippen LogP contribution in [-0.2, 0) is 11.8 Å². The Bertz CT molecular complexity index is 560. The molecule has 0 aliphatic rings. The number of rotatable bonds is 2. The predicted octanol–water partition coefficient (Wildman–Crippen LogP) is 2.62. The Morgan fingerprint density at radius 2 is 2.06 bits per heavy atom. The molecule has 2 aromatic rings. The van der Waals surface area contributed by atoms with Crippen LogP contribution >= 0.6 is 0 Å². The Balaban J connectivity index is 2.48. The minimum absolute atomic E-state index is 0.302. The fourth-order valence-electron chi connectivity index (χ4n) is 1.76. The number of ether oxygens (including phenoxy) is 1. The van der Waals surface area contributed by atoms with Crippen molar-refractivity contribution in [2.45, 2.75) is 0 Å². The SMILES string of the molecule is COC(=O)c1ccc(-c2cccc(F)c2)n1C. The van der Waals surface area contributed by atoms with Crippen molar-refractivity contribution in [2.24, 2.45) is 7.05 Å². The second-order valence-electron chi connectivity index (χ2n) is 3.66. The van der Waals surface area contributed by atoms with Gasteiger partial charge in [-0.15, -0.1) is 0 Å². The molecule has 0 unspecified atom stereocenters. The van der Waals surface area contributed by atoms with Gasteiger partial charge in [0.05, 0.1) is 7.11 Å². The van der Waals surface area contributed by atoms with Gasteiger partial charge in [-0.25, -0.2) is 9.18 Å². The molecule has 2 rings (SSSR count). The van der Waals surface area contributed by atoms with E-state index in [1.54, 1.807) is 35.9 Å². The molecule has 0 radical (unpaired) electrons. The summed E-state index contributed by atoms with van der Waals surface area (Å²) in [4.78, 5) is 11.4. The molecule has 17 heavy (non-hydrogen) atoms. The molecule has 3 nitrogen and oxygen atoms in total. The fourth-order valence-corrected chi connectivity index (χ4v) is 1.76. The topological polar surface area (TPSA) is 31.2 Å². The number of aromatic nitrogens is 1. The maximum Gasteiger partial charge on any atom is 0.354 e. The molecular formula is C13H12FNO2. The van der Waals surface area contributed by atoms with Gasteiger partial charge in [0.1, 0.15) is 11.5 Å². The second-order valence-corrected chi connectivity index (χ2v) is 3.66. The zero-order chi connectivity index (χ0) is 12.4. The Kier molecular flexibility index (Phi) is 2.95. The van der Waals surface area contributed by atoms with Crippen LogP contribution in [0.2, 0.25) is 0 Å². The monoisotopic (exact) mass is 233 g/mol. The highest BCUT2D eigenvalue weighted by Gasteiger charge is 2.13. The Morgan fingerprint density at radius 1 is 1.29 bits per heavy atom. The van der Waals surface area contributed by atoms with Crippen molar-refractivity contribution in [1.29, 1.82) is 0 Å². The zero-order valence-electron chi connectivity index (χ0n) is 9.61. The number of esters is 1. The van der Waals surface area contributed by atoms with Gasteiger partial charge in [-0.2, -0.15) is 0 Å². The van der Waals surface area contributed by atoms with Crippen molar-refractivity contribution >= 4 is 5.97 Å². The molecule has 0 aliphatic carbocycles. The lowest BCUT2D eigenvalue weighted by molar-refractivity contribution is 0.0590. The summed E-state index contributed by atoms with van der Waals surface area (Å²) >= 11 is 0. The number of methoxy groups -OCH3 is 1. The first-order valence-electron chi connectivity index (χ1n) is 5.13. The van der Waals surface area contributed by atoms with E-state index in [1.165, 1.54) is 19.2 Å². The first kappa shape index (κ1) is 11.4. The fraction of sp³-hybridized carbons (Fsp3) is 0.154. The Labute approximate surface area is 98.4 Å². The summed E-state index contributed by atoms with van der Waals surface area (Å²) in [5, 5.41) is 0. The molecule has 0 bridgehead atoms. The number of carbonyl (C=O) groups excluding carboxylic acids is 1. The van der Waals surface area contributed by atoms with Gasteiger partial charge >= 0.3 is 5.97 Å². The number of carbonyl (C=O) groups is 1. The first-order chi connectivity index (χ1) is 8.13. The summed E-state index contributed by atoms with van der Waals surface area (Å²) in [6, 6.07) is 9.66. The average Bonchev–Trinajstić information content (AvgIpc) is 2.70. The van der Waals surface area contributed by atoms with E-state index in [0.29, 0.717) is 5.69 Å². The summed E-state index contributed by atoms with van der Waals surface area (Å²) in [6.45, 7) is 0. The minimum Gasteiger partial charge on any atom is -0.464 e. The number of hydrogen-bond donors (Lipinski definition) is 0. The lowest BCUT2D eigenvalue weighted by atomic mass is 10.1. The van der Waals surface area contributed by atoms with Crippen LogP contribution in [0.1, 0.15) is 10.5 Å². The third-order valence-electron chi connectivity index (χ3n) is 2.64. The third-order valence-corrected chi connectivity index (χ3v) is 2.64. The molecule has 0 saturated carbocycles. The number of halogens is 1. The van der Waals surface area contributed by atoms with E-state index in [2.05, 4.69) is 4.74 Å². The van der Waals surface area contributed by atoms with Crippen LogP contribution in [-0.4, -0.2) is 17.6 Å². The molecule has 1 aromatic heterocycles. The molecule has 0 fully saturated rings. The van der Waals surface area contributed by atoms with E-state index >= 15 is 0 Å². The standard InChI is InChI=1S/C13H12FNO2/c1-15-11(6-7-12(15)13(16)17-2)9-4-3-5-10(14)8-9/h3-8H,1-2H3. The third kappa shape index (κ3) is 2.06. The van der Waals surface area contributed by atoms with Crippen molar-refractivity contribution < 1.29 is 13.9 Å². The van der Waals surface area contributed by atoms with Gasteiger partial charge in [-0.1, -0.05) is 12.1 Å². The maximum absolute atomic E-state index is 13.1. The summed E-state index contributed by atoms with van der Waals surface area (Å²) in [5.74, 6) is -0.710. The van der Waals surface area contributed by atoms with Gasteiger partial charge in [0.2, 0.25) is 0 Å². The summed E-state index contributed by atoms with van der Waals surface area (Å²) in [7, 11) is 3.07. The van der Waals surface area contributed by atoms with Crippen molar-refractivity contribution in [3.63, 3.8) is 0 Å². The second kappa shape index (κ2) is 4.41. The highest BCUT2D eigenvalue weighted by molar-refractivity contribution is 5.89. The highest BCUT2D eigenvalue weighted by Crippen LogP contribution is 2.22. The molecule has 0 N–H and O–H groups in total. The van der Waals surface area contributed by atoms with Crippen LogP contribution in [0.15, 0.2) is 36.4 Å². The van der Waals surface area contributed by atoms with E-state index in [1.807, 2.05) is 0 Å². The van der Waals surface area contributed by atoms with E-state index in [-0.39, 0.29) is 5.82 Å². The Morgan fingerprint density at radius 3 is 2.71 bits per heavy atom. The summed E-state index contributed by atoms with van der Waals surface area (Å²) in [5.41, 5.74) is 1.93. The largest absolute Gasteiger partial charge is 0.464 e. The molecule has 0 atom stereocenters. The van der Waals surface area contributed by atoms with Gasteiger partial charge < -0.3 is 9.30 Å².